The van der Waals surface area contributed by atoms with Crippen LogP contribution in [-0.2, 0) is 11.2 Å². The predicted octanol–water partition coefficient (Wildman–Crippen LogP) is 0.822. The van der Waals surface area contributed by atoms with Crippen molar-refractivity contribution in [2.75, 3.05) is 13.1 Å². The van der Waals surface area contributed by atoms with Gasteiger partial charge in [0, 0.05) is 0 Å². The zero-order chi connectivity index (χ0) is 10.9. The fourth-order valence-electron chi connectivity index (χ4n) is 1.83. The molecule has 3 nitrogen and oxygen atoms in total. The van der Waals surface area contributed by atoms with Crippen LogP contribution in [0.15, 0.2) is 30.3 Å². The lowest BCUT2D eigenvalue weighted by molar-refractivity contribution is -0.151. The third kappa shape index (κ3) is 2.36. The highest BCUT2D eigenvalue weighted by Gasteiger charge is 2.38. The smallest absolute Gasteiger partial charge is 0.227 e. The van der Waals surface area contributed by atoms with Crippen molar-refractivity contribution < 1.29 is 9.90 Å². The lowest BCUT2D eigenvalue weighted by Crippen LogP contribution is -2.62. The summed E-state index contributed by atoms with van der Waals surface area (Å²) in [6.45, 7) is 2.66. The van der Waals surface area contributed by atoms with E-state index in [0.717, 1.165) is 5.56 Å². The van der Waals surface area contributed by atoms with E-state index in [2.05, 4.69) is 0 Å². The number of carbonyl (C=O) groups is 1. The van der Waals surface area contributed by atoms with Gasteiger partial charge in [0.2, 0.25) is 5.91 Å². The second-order valence-electron chi connectivity index (χ2n) is 4.41. The van der Waals surface area contributed by atoms with Gasteiger partial charge in [-0.1, -0.05) is 30.3 Å². The number of β-amino-alcohol motifs (C(OH)–C–C–N with tert-alkyl or cyclic N) is 1. The van der Waals surface area contributed by atoms with E-state index in [1.54, 1.807) is 11.8 Å². The summed E-state index contributed by atoms with van der Waals surface area (Å²) in [5, 5.41) is 9.50. The third-order valence-electron chi connectivity index (χ3n) is 2.61. The number of nitrogens with zero attached hydrogens (tertiary/aromatic N) is 1. The summed E-state index contributed by atoms with van der Waals surface area (Å²) < 4.78 is 0. The number of carbonyl (C=O) groups excluding carboxylic acids is 1. The monoisotopic (exact) mass is 205 g/mol. The molecular weight excluding hydrogens is 190 g/mol. The van der Waals surface area contributed by atoms with E-state index in [-0.39, 0.29) is 5.91 Å². The highest BCUT2D eigenvalue weighted by Crippen LogP contribution is 2.20. The van der Waals surface area contributed by atoms with Gasteiger partial charge in [0.25, 0.3) is 0 Å². The van der Waals surface area contributed by atoms with Crippen LogP contribution in [0, 0.1) is 0 Å². The zero-order valence-corrected chi connectivity index (χ0v) is 8.81. The fraction of sp³-hybridized carbons (Fsp3) is 0.417. The van der Waals surface area contributed by atoms with Crippen LogP contribution in [0.3, 0.4) is 0 Å². The second-order valence-corrected chi connectivity index (χ2v) is 4.41. The van der Waals surface area contributed by atoms with Crippen LogP contribution in [0.5, 0.6) is 0 Å². The van der Waals surface area contributed by atoms with Gasteiger partial charge in [0.1, 0.15) is 0 Å². The first-order valence-corrected chi connectivity index (χ1v) is 5.11. The van der Waals surface area contributed by atoms with Gasteiger partial charge >= 0.3 is 0 Å². The topological polar surface area (TPSA) is 40.5 Å². The normalized spacial score (nSPS) is 18.4. The minimum absolute atomic E-state index is 0.0905. The Labute approximate surface area is 89.3 Å². The molecule has 0 unspecified atom stereocenters. The number of hydrogen-bond acceptors (Lipinski definition) is 2. The molecule has 0 saturated carbocycles. The van der Waals surface area contributed by atoms with Gasteiger partial charge in [-0.2, -0.15) is 0 Å². The largest absolute Gasteiger partial charge is 0.386 e. The summed E-state index contributed by atoms with van der Waals surface area (Å²) >= 11 is 0. The molecule has 1 fully saturated rings. The number of rotatable bonds is 2. The minimum atomic E-state index is -0.674. The average molecular weight is 205 g/mol. The molecule has 1 saturated heterocycles. The molecule has 0 bridgehead atoms. The zero-order valence-electron chi connectivity index (χ0n) is 8.81. The number of aliphatic hydroxyl groups is 1. The lowest BCUT2D eigenvalue weighted by Gasteiger charge is -2.44. The van der Waals surface area contributed by atoms with Crippen LogP contribution < -0.4 is 0 Å². The Morgan fingerprint density at radius 3 is 2.53 bits per heavy atom. The Morgan fingerprint density at radius 2 is 2.00 bits per heavy atom. The van der Waals surface area contributed by atoms with Gasteiger partial charge in [-0.05, 0) is 12.5 Å². The van der Waals surface area contributed by atoms with Crippen LogP contribution in [0.2, 0.25) is 0 Å². The molecular formula is C12H15NO2. The highest BCUT2D eigenvalue weighted by molar-refractivity contribution is 5.79. The number of benzene rings is 1. The maximum atomic E-state index is 11.7. The number of hydrogen-bond donors (Lipinski definition) is 1. The first kappa shape index (κ1) is 10.2. The number of likely N-dealkylation sites (tertiary alicyclic amines) is 1. The number of amides is 1. The van der Waals surface area contributed by atoms with E-state index in [4.69, 9.17) is 0 Å². The molecule has 1 amide bonds. The van der Waals surface area contributed by atoms with Crippen molar-refractivity contribution in [3.05, 3.63) is 35.9 Å². The molecule has 80 valence electrons. The van der Waals surface area contributed by atoms with Crippen molar-refractivity contribution in [1.82, 2.24) is 4.90 Å². The first-order chi connectivity index (χ1) is 7.07. The van der Waals surface area contributed by atoms with Crippen molar-refractivity contribution >= 4 is 5.91 Å². The predicted molar refractivity (Wildman–Crippen MR) is 57.3 cm³/mol. The molecule has 0 aromatic heterocycles. The van der Waals surface area contributed by atoms with E-state index >= 15 is 0 Å². The van der Waals surface area contributed by atoms with Crippen molar-refractivity contribution in [3.63, 3.8) is 0 Å². The van der Waals surface area contributed by atoms with E-state index < -0.39 is 5.60 Å². The summed E-state index contributed by atoms with van der Waals surface area (Å²) in [5.74, 6) is 0.0905. The summed E-state index contributed by atoms with van der Waals surface area (Å²) in [6.07, 6.45) is 0.427. The van der Waals surface area contributed by atoms with Gasteiger partial charge < -0.3 is 10.0 Å². The SMILES string of the molecule is CC1(O)CN(C(=O)Cc2ccccc2)C1. The molecule has 2 rings (SSSR count). The van der Waals surface area contributed by atoms with Gasteiger partial charge in [0.05, 0.1) is 25.1 Å². The molecule has 1 heterocycles. The van der Waals surface area contributed by atoms with E-state index in [0.29, 0.717) is 19.5 Å². The van der Waals surface area contributed by atoms with Crippen LogP contribution in [-0.4, -0.2) is 34.6 Å². The second kappa shape index (κ2) is 3.66. The van der Waals surface area contributed by atoms with Crippen LogP contribution in [0.1, 0.15) is 12.5 Å². The third-order valence-corrected chi connectivity index (χ3v) is 2.61. The van der Waals surface area contributed by atoms with Gasteiger partial charge in [0.15, 0.2) is 0 Å². The quantitative estimate of drug-likeness (QED) is 0.776. The molecule has 1 aliphatic heterocycles. The summed E-state index contributed by atoms with van der Waals surface area (Å²) in [6, 6.07) is 9.66. The van der Waals surface area contributed by atoms with Crippen molar-refractivity contribution in [2.24, 2.45) is 0 Å². The molecule has 1 aromatic carbocycles. The Bertz CT molecular complexity index is 351. The first-order valence-electron chi connectivity index (χ1n) is 5.11. The lowest BCUT2D eigenvalue weighted by atomic mass is 9.96. The molecule has 0 aliphatic carbocycles. The van der Waals surface area contributed by atoms with Gasteiger partial charge in [-0.15, -0.1) is 0 Å². The Balaban J connectivity index is 1.89. The maximum Gasteiger partial charge on any atom is 0.227 e. The van der Waals surface area contributed by atoms with Crippen molar-refractivity contribution in [1.29, 1.82) is 0 Å². The van der Waals surface area contributed by atoms with Crippen LogP contribution >= 0.6 is 0 Å². The molecule has 0 atom stereocenters. The fourth-order valence-corrected chi connectivity index (χ4v) is 1.83. The molecule has 1 aliphatic rings. The van der Waals surface area contributed by atoms with Crippen molar-refractivity contribution in [2.45, 2.75) is 18.9 Å². The van der Waals surface area contributed by atoms with E-state index in [9.17, 15) is 9.90 Å². The summed E-state index contributed by atoms with van der Waals surface area (Å²) in [5.41, 5.74) is 0.348. The van der Waals surface area contributed by atoms with Crippen molar-refractivity contribution in [3.8, 4) is 0 Å². The Kier molecular flexibility index (Phi) is 2.49. The van der Waals surface area contributed by atoms with Gasteiger partial charge in [-0.3, -0.25) is 4.79 Å². The molecule has 0 radical (unpaired) electrons. The summed E-state index contributed by atoms with van der Waals surface area (Å²) in [4.78, 5) is 13.4. The average Bonchev–Trinajstić information content (AvgIpc) is 2.15. The molecule has 3 heteroatoms. The highest BCUT2D eigenvalue weighted by atomic mass is 16.3. The molecule has 0 spiro atoms. The van der Waals surface area contributed by atoms with E-state index in [1.165, 1.54) is 0 Å². The molecule has 15 heavy (non-hydrogen) atoms. The molecule has 1 N–H and O–H groups in total. The van der Waals surface area contributed by atoms with Gasteiger partial charge in [-0.25, -0.2) is 0 Å². The van der Waals surface area contributed by atoms with E-state index in [1.807, 2.05) is 30.3 Å². The van der Waals surface area contributed by atoms with Crippen LogP contribution in [0.25, 0.3) is 0 Å². The Hall–Kier alpha value is -1.35. The van der Waals surface area contributed by atoms with Crippen LogP contribution in [0.4, 0.5) is 0 Å². The Morgan fingerprint density at radius 1 is 1.40 bits per heavy atom. The molecule has 1 aromatic rings. The maximum absolute atomic E-state index is 11.7. The summed E-state index contributed by atoms with van der Waals surface area (Å²) in [7, 11) is 0. The standard InChI is InChI=1S/C12H15NO2/c1-12(15)8-13(9-12)11(14)7-10-5-3-2-4-6-10/h2-6,15H,7-9H2,1H3. The minimum Gasteiger partial charge on any atom is -0.386 e.